The first kappa shape index (κ1) is 9.92. The van der Waals surface area contributed by atoms with Crippen LogP contribution in [-0.2, 0) is 4.74 Å². The van der Waals surface area contributed by atoms with Gasteiger partial charge in [0.25, 0.3) is 0 Å². The molecule has 11 heavy (non-hydrogen) atoms. The summed E-state index contributed by atoms with van der Waals surface area (Å²) in [5, 5.41) is 19.6. The van der Waals surface area contributed by atoms with Gasteiger partial charge in [-0.05, 0) is 0 Å². The van der Waals surface area contributed by atoms with Crippen molar-refractivity contribution in [3.05, 3.63) is 0 Å². The van der Waals surface area contributed by atoms with Crippen LogP contribution in [0.25, 0.3) is 0 Å². The minimum atomic E-state index is -0.474. The Labute approximate surface area is 66.1 Å². The maximum absolute atomic E-state index is 8.41. The monoisotopic (exact) mass is 156 g/mol. The molecule has 0 amide bonds. The highest BCUT2D eigenvalue weighted by Gasteiger charge is 2.21. The highest BCUT2D eigenvalue weighted by Crippen LogP contribution is 2.17. The van der Waals surface area contributed by atoms with Crippen LogP contribution in [0.2, 0.25) is 0 Å². The minimum Gasteiger partial charge on any atom is -0.411 e. The van der Waals surface area contributed by atoms with Gasteiger partial charge in [-0.2, -0.15) is 5.26 Å². The predicted molar refractivity (Wildman–Crippen MR) is 40.5 cm³/mol. The topological polar surface area (TPSA) is 65.6 Å². The second-order valence-electron chi connectivity index (χ2n) is 2.67. The van der Waals surface area contributed by atoms with Crippen LogP contribution in [-0.4, -0.2) is 25.1 Å². The summed E-state index contributed by atoms with van der Waals surface area (Å²) in [5.41, 5.74) is -0.474. The van der Waals surface area contributed by atoms with E-state index < -0.39 is 5.41 Å². The van der Waals surface area contributed by atoms with Crippen molar-refractivity contribution < 1.29 is 9.94 Å². The summed E-state index contributed by atoms with van der Waals surface area (Å²) in [4.78, 5) is 0. The molecule has 0 bridgehead atoms. The van der Waals surface area contributed by atoms with Crippen LogP contribution in [0.4, 0.5) is 0 Å². The van der Waals surface area contributed by atoms with E-state index in [1.54, 1.807) is 14.0 Å². The zero-order chi connectivity index (χ0) is 8.74. The predicted octanol–water partition coefficient (Wildman–Crippen LogP) is 1.01. The van der Waals surface area contributed by atoms with Crippen molar-refractivity contribution >= 4 is 6.21 Å². The number of hydrogen-bond donors (Lipinski definition) is 1. The number of oxime groups is 1. The van der Waals surface area contributed by atoms with Crippen LogP contribution >= 0.6 is 0 Å². The molecule has 0 fully saturated rings. The number of nitriles is 1. The van der Waals surface area contributed by atoms with Gasteiger partial charge in [0.05, 0.1) is 18.9 Å². The van der Waals surface area contributed by atoms with Gasteiger partial charge in [0.1, 0.15) is 0 Å². The summed E-state index contributed by atoms with van der Waals surface area (Å²) in [5.74, 6) is 0. The molecule has 0 aliphatic rings. The molecule has 4 nitrogen and oxygen atoms in total. The van der Waals surface area contributed by atoms with Crippen molar-refractivity contribution in [3.8, 4) is 6.07 Å². The molecule has 0 aromatic carbocycles. The molecule has 0 rings (SSSR count). The van der Waals surface area contributed by atoms with E-state index in [4.69, 9.17) is 15.2 Å². The highest BCUT2D eigenvalue weighted by atomic mass is 16.5. The van der Waals surface area contributed by atoms with Crippen LogP contribution in [0.5, 0.6) is 0 Å². The summed E-state index contributed by atoms with van der Waals surface area (Å²) >= 11 is 0. The fourth-order valence-electron chi connectivity index (χ4n) is 0.784. The number of nitrogens with zero attached hydrogens (tertiary/aromatic N) is 2. The Kier molecular flexibility index (Phi) is 4.23. The van der Waals surface area contributed by atoms with Crippen molar-refractivity contribution in [2.75, 3.05) is 13.7 Å². The molecule has 0 aromatic heterocycles. The van der Waals surface area contributed by atoms with Gasteiger partial charge in [0.2, 0.25) is 0 Å². The van der Waals surface area contributed by atoms with Gasteiger partial charge in [0, 0.05) is 18.9 Å². The van der Waals surface area contributed by atoms with E-state index in [-0.39, 0.29) is 6.42 Å². The Morgan fingerprint density at radius 2 is 2.45 bits per heavy atom. The standard InChI is InChI=1S/C7H12N2O2/c1-7(3-4-8,5-9-10)6-11-2/h5,10H,3,6H2,1-2H3. The fraction of sp³-hybridized carbons (Fsp3) is 0.714. The number of rotatable bonds is 4. The average molecular weight is 156 g/mol. The summed E-state index contributed by atoms with van der Waals surface area (Å²) in [6.45, 7) is 2.17. The third-order valence-corrected chi connectivity index (χ3v) is 1.33. The van der Waals surface area contributed by atoms with Crippen molar-refractivity contribution in [1.29, 1.82) is 5.26 Å². The first-order valence-corrected chi connectivity index (χ1v) is 3.23. The molecule has 0 aliphatic heterocycles. The van der Waals surface area contributed by atoms with E-state index in [1.165, 1.54) is 6.21 Å². The molecule has 0 radical (unpaired) electrons. The van der Waals surface area contributed by atoms with Gasteiger partial charge < -0.3 is 9.94 Å². The van der Waals surface area contributed by atoms with Crippen LogP contribution in [0.3, 0.4) is 0 Å². The minimum absolute atomic E-state index is 0.283. The number of ether oxygens (including phenoxy) is 1. The van der Waals surface area contributed by atoms with Gasteiger partial charge in [0.15, 0.2) is 0 Å². The lowest BCUT2D eigenvalue weighted by atomic mass is 9.90. The molecule has 0 saturated heterocycles. The van der Waals surface area contributed by atoms with Crippen molar-refractivity contribution in [1.82, 2.24) is 0 Å². The molecule has 4 heteroatoms. The first-order valence-electron chi connectivity index (χ1n) is 3.23. The third kappa shape index (κ3) is 3.58. The molecule has 1 unspecified atom stereocenters. The highest BCUT2D eigenvalue weighted by molar-refractivity contribution is 5.65. The Morgan fingerprint density at radius 1 is 1.82 bits per heavy atom. The molecule has 0 heterocycles. The maximum atomic E-state index is 8.41. The van der Waals surface area contributed by atoms with Crippen molar-refractivity contribution in [2.45, 2.75) is 13.3 Å². The summed E-state index contributed by atoms with van der Waals surface area (Å²) in [6.07, 6.45) is 1.60. The van der Waals surface area contributed by atoms with Gasteiger partial charge >= 0.3 is 0 Å². The normalized spacial score (nSPS) is 16.1. The molecule has 0 saturated carbocycles. The molecule has 1 atom stereocenters. The third-order valence-electron chi connectivity index (χ3n) is 1.33. The van der Waals surface area contributed by atoms with Crippen molar-refractivity contribution in [3.63, 3.8) is 0 Å². The molecule has 0 aromatic rings. The van der Waals surface area contributed by atoms with Gasteiger partial charge in [-0.15, -0.1) is 5.16 Å². The number of hydrogen-bond acceptors (Lipinski definition) is 4. The largest absolute Gasteiger partial charge is 0.411 e. The molecular formula is C7H12N2O2. The second-order valence-corrected chi connectivity index (χ2v) is 2.67. The zero-order valence-electron chi connectivity index (χ0n) is 6.74. The van der Waals surface area contributed by atoms with E-state index in [0.717, 1.165) is 0 Å². The lowest BCUT2D eigenvalue weighted by molar-refractivity contribution is 0.135. The summed E-state index contributed by atoms with van der Waals surface area (Å²) in [6, 6.07) is 2.00. The zero-order valence-corrected chi connectivity index (χ0v) is 6.74. The van der Waals surface area contributed by atoms with Gasteiger partial charge in [-0.25, -0.2) is 0 Å². The van der Waals surface area contributed by atoms with Crippen LogP contribution in [0.1, 0.15) is 13.3 Å². The molecule has 0 aliphatic carbocycles. The van der Waals surface area contributed by atoms with Crippen molar-refractivity contribution in [2.24, 2.45) is 10.6 Å². The molecule has 62 valence electrons. The quantitative estimate of drug-likeness (QED) is 0.375. The van der Waals surface area contributed by atoms with Gasteiger partial charge in [-0.3, -0.25) is 0 Å². The van der Waals surface area contributed by atoms with E-state index in [0.29, 0.717) is 6.61 Å². The first-order chi connectivity index (χ1) is 5.18. The van der Waals surface area contributed by atoms with Crippen LogP contribution in [0, 0.1) is 16.7 Å². The van der Waals surface area contributed by atoms with E-state index >= 15 is 0 Å². The molecule has 0 spiro atoms. The summed E-state index contributed by atoms with van der Waals surface area (Å²) in [7, 11) is 1.54. The molecule has 1 N–H and O–H groups in total. The van der Waals surface area contributed by atoms with Crippen LogP contribution < -0.4 is 0 Å². The fourth-order valence-corrected chi connectivity index (χ4v) is 0.784. The maximum Gasteiger partial charge on any atom is 0.0632 e. The van der Waals surface area contributed by atoms with E-state index in [9.17, 15) is 0 Å². The lowest BCUT2D eigenvalue weighted by Crippen LogP contribution is -2.23. The Morgan fingerprint density at radius 3 is 2.82 bits per heavy atom. The summed E-state index contributed by atoms with van der Waals surface area (Å²) < 4.78 is 4.86. The van der Waals surface area contributed by atoms with Gasteiger partial charge in [-0.1, -0.05) is 6.92 Å². The Hall–Kier alpha value is -1.08. The lowest BCUT2D eigenvalue weighted by Gasteiger charge is -2.18. The SMILES string of the molecule is COCC(C)(C=NO)CC#N. The van der Waals surface area contributed by atoms with E-state index in [1.807, 2.05) is 6.07 Å². The average Bonchev–Trinajstić information content (AvgIpc) is 1.88. The number of methoxy groups -OCH3 is 1. The van der Waals surface area contributed by atoms with E-state index in [2.05, 4.69) is 5.16 Å². The Bertz CT molecular complexity index is 174. The molecular weight excluding hydrogens is 144 g/mol. The smallest absolute Gasteiger partial charge is 0.0632 e. The van der Waals surface area contributed by atoms with Crippen LogP contribution in [0.15, 0.2) is 5.16 Å². The second kappa shape index (κ2) is 4.69. The Balaban J connectivity index is 4.15.